The summed E-state index contributed by atoms with van der Waals surface area (Å²) in [7, 11) is 0. The van der Waals surface area contributed by atoms with Crippen LogP contribution < -0.4 is 10.6 Å². The topological polar surface area (TPSA) is 87.4 Å². The lowest BCUT2D eigenvalue weighted by atomic mass is 9.99. The number of hydrogen-bond donors (Lipinski definition) is 3. The van der Waals surface area contributed by atoms with Gasteiger partial charge in [0.05, 0.1) is 11.0 Å². The van der Waals surface area contributed by atoms with Gasteiger partial charge in [0, 0.05) is 43.7 Å². The first-order valence-corrected chi connectivity index (χ1v) is 7.35. The van der Waals surface area contributed by atoms with Crippen LogP contribution in [0.2, 0.25) is 0 Å². The van der Waals surface area contributed by atoms with Gasteiger partial charge in [0.15, 0.2) is 0 Å². The lowest BCUT2D eigenvalue weighted by Gasteiger charge is -2.14. The molecule has 0 radical (unpaired) electrons. The predicted molar refractivity (Wildman–Crippen MR) is 81.3 cm³/mol. The predicted octanol–water partition coefficient (Wildman–Crippen LogP) is 1.39. The Kier molecular flexibility index (Phi) is 5.27. The van der Waals surface area contributed by atoms with Gasteiger partial charge in [-0.15, -0.1) is 0 Å². The van der Waals surface area contributed by atoms with Crippen LogP contribution in [0.15, 0.2) is 18.2 Å². The van der Waals surface area contributed by atoms with Crippen LogP contribution in [0.1, 0.15) is 30.9 Å². The second kappa shape index (κ2) is 6.98. The highest BCUT2D eigenvalue weighted by Crippen LogP contribution is 2.27. The summed E-state index contributed by atoms with van der Waals surface area (Å²) in [6, 6.07) is 5.41. The molecule has 1 saturated heterocycles. The molecule has 1 aliphatic rings. The molecule has 2 rings (SSSR count). The van der Waals surface area contributed by atoms with Crippen LogP contribution in [-0.2, 0) is 6.54 Å². The van der Waals surface area contributed by atoms with E-state index in [9.17, 15) is 15.2 Å². The van der Waals surface area contributed by atoms with Crippen LogP contribution in [0.4, 0.5) is 5.69 Å². The Labute approximate surface area is 124 Å². The Balaban J connectivity index is 1.97. The lowest BCUT2D eigenvalue weighted by molar-refractivity contribution is -0.385. The van der Waals surface area contributed by atoms with Gasteiger partial charge in [-0.2, -0.15) is 0 Å². The van der Waals surface area contributed by atoms with Crippen molar-refractivity contribution in [2.24, 2.45) is 5.92 Å². The summed E-state index contributed by atoms with van der Waals surface area (Å²) in [5, 5.41) is 27.3. The highest BCUT2D eigenvalue weighted by atomic mass is 16.6. The number of nitrogens with one attached hydrogen (secondary N) is 2. The quantitative estimate of drug-likeness (QED) is 0.545. The summed E-state index contributed by atoms with van der Waals surface area (Å²) in [5.74, 6) is 0.335. The van der Waals surface area contributed by atoms with E-state index in [1.54, 1.807) is 6.07 Å². The fourth-order valence-electron chi connectivity index (χ4n) is 2.67. The maximum atomic E-state index is 11.1. The number of nitro groups is 1. The molecule has 21 heavy (non-hydrogen) atoms. The molecule has 3 N–H and O–H groups in total. The summed E-state index contributed by atoms with van der Waals surface area (Å²) in [6.07, 6.45) is -0.310. The zero-order valence-electron chi connectivity index (χ0n) is 12.5. The van der Waals surface area contributed by atoms with Gasteiger partial charge in [-0.25, -0.2) is 0 Å². The number of β-amino-alcohol motifs (C(OH)–C–C–N with tert-alkyl or cyclic N) is 1. The first-order chi connectivity index (χ1) is 9.99. The van der Waals surface area contributed by atoms with Crippen LogP contribution in [0.25, 0.3) is 0 Å². The number of nitro benzene ring substituents is 1. The standard InChI is InChI=1S/C15H23N3O3/c1-10(2)13-4-3-11(5-14(13)18(20)21)6-16-7-12-8-17-9-15(12)19/h3-5,10,12,15-17,19H,6-9H2,1-2H3. The summed E-state index contributed by atoms with van der Waals surface area (Å²) in [6.45, 7) is 6.63. The van der Waals surface area contributed by atoms with Crippen LogP contribution in [-0.4, -0.2) is 35.8 Å². The van der Waals surface area contributed by atoms with Crippen molar-refractivity contribution in [2.45, 2.75) is 32.4 Å². The van der Waals surface area contributed by atoms with Crippen molar-refractivity contribution in [1.82, 2.24) is 10.6 Å². The molecule has 0 spiro atoms. The van der Waals surface area contributed by atoms with E-state index in [4.69, 9.17) is 0 Å². The molecule has 1 aromatic rings. The number of nitrogens with zero attached hydrogens (tertiary/aromatic N) is 1. The summed E-state index contributed by atoms with van der Waals surface area (Å²) in [5.41, 5.74) is 1.84. The minimum atomic E-state index is -0.316. The molecule has 1 fully saturated rings. The third-order valence-electron chi connectivity index (χ3n) is 3.95. The minimum Gasteiger partial charge on any atom is -0.391 e. The van der Waals surface area contributed by atoms with E-state index < -0.39 is 0 Å². The molecule has 2 unspecified atom stereocenters. The van der Waals surface area contributed by atoms with Crippen LogP contribution >= 0.6 is 0 Å². The Morgan fingerprint density at radius 3 is 2.81 bits per heavy atom. The Morgan fingerprint density at radius 2 is 2.24 bits per heavy atom. The highest BCUT2D eigenvalue weighted by Gasteiger charge is 2.24. The van der Waals surface area contributed by atoms with Crippen LogP contribution in [0.5, 0.6) is 0 Å². The van der Waals surface area contributed by atoms with Crippen molar-refractivity contribution < 1.29 is 10.0 Å². The van der Waals surface area contributed by atoms with Crippen molar-refractivity contribution >= 4 is 5.69 Å². The van der Waals surface area contributed by atoms with Gasteiger partial charge in [0.25, 0.3) is 5.69 Å². The number of rotatable bonds is 6. The van der Waals surface area contributed by atoms with Crippen molar-refractivity contribution in [3.63, 3.8) is 0 Å². The third kappa shape index (κ3) is 4.00. The number of aliphatic hydroxyl groups is 1. The van der Waals surface area contributed by atoms with E-state index in [0.717, 1.165) is 17.7 Å². The zero-order chi connectivity index (χ0) is 15.4. The molecule has 6 heteroatoms. The molecule has 0 saturated carbocycles. The number of benzene rings is 1. The molecule has 116 valence electrons. The zero-order valence-corrected chi connectivity index (χ0v) is 12.5. The summed E-state index contributed by atoms with van der Waals surface area (Å²) in [4.78, 5) is 10.8. The largest absolute Gasteiger partial charge is 0.391 e. The minimum absolute atomic E-state index is 0.132. The fraction of sp³-hybridized carbons (Fsp3) is 0.600. The van der Waals surface area contributed by atoms with Gasteiger partial charge in [0.2, 0.25) is 0 Å². The second-order valence-electron chi connectivity index (χ2n) is 5.92. The van der Waals surface area contributed by atoms with Crippen LogP contribution in [0, 0.1) is 16.0 Å². The number of aliphatic hydroxyl groups excluding tert-OH is 1. The molecule has 0 aliphatic carbocycles. The van der Waals surface area contributed by atoms with Crippen LogP contribution in [0.3, 0.4) is 0 Å². The van der Waals surface area contributed by atoms with Crippen molar-refractivity contribution in [2.75, 3.05) is 19.6 Å². The molecule has 0 amide bonds. The average molecular weight is 293 g/mol. The molecule has 1 aromatic carbocycles. The molecular formula is C15H23N3O3. The van der Waals surface area contributed by atoms with E-state index in [-0.39, 0.29) is 28.6 Å². The highest BCUT2D eigenvalue weighted by molar-refractivity contribution is 5.45. The molecule has 6 nitrogen and oxygen atoms in total. The Morgan fingerprint density at radius 1 is 1.48 bits per heavy atom. The van der Waals surface area contributed by atoms with Gasteiger partial charge in [-0.1, -0.05) is 26.0 Å². The van der Waals surface area contributed by atoms with Crippen molar-refractivity contribution in [3.05, 3.63) is 39.4 Å². The van der Waals surface area contributed by atoms with E-state index in [2.05, 4.69) is 10.6 Å². The molecule has 1 heterocycles. The molecular weight excluding hydrogens is 270 g/mol. The Hall–Kier alpha value is -1.50. The third-order valence-corrected chi connectivity index (χ3v) is 3.95. The monoisotopic (exact) mass is 293 g/mol. The fourth-order valence-corrected chi connectivity index (χ4v) is 2.67. The molecule has 2 atom stereocenters. The van der Waals surface area contributed by atoms with E-state index in [0.29, 0.717) is 19.6 Å². The van der Waals surface area contributed by atoms with Gasteiger partial charge in [-0.05, 0) is 11.5 Å². The first kappa shape index (κ1) is 15.9. The Bertz CT molecular complexity index is 505. The normalized spacial score (nSPS) is 21.9. The first-order valence-electron chi connectivity index (χ1n) is 7.35. The number of hydrogen-bond acceptors (Lipinski definition) is 5. The maximum absolute atomic E-state index is 11.1. The van der Waals surface area contributed by atoms with Crippen molar-refractivity contribution in [1.29, 1.82) is 0 Å². The second-order valence-corrected chi connectivity index (χ2v) is 5.92. The van der Waals surface area contributed by atoms with Gasteiger partial charge in [0.1, 0.15) is 0 Å². The molecule has 1 aliphatic heterocycles. The summed E-state index contributed by atoms with van der Waals surface area (Å²) >= 11 is 0. The summed E-state index contributed by atoms with van der Waals surface area (Å²) < 4.78 is 0. The van der Waals surface area contributed by atoms with Crippen molar-refractivity contribution in [3.8, 4) is 0 Å². The van der Waals surface area contributed by atoms with E-state index in [1.807, 2.05) is 26.0 Å². The molecule has 0 aromatic heterocycles. The van der Waals surface area contributed by atoms with Gasteiger partial charge in [-0.3, -0.25) is 10.1 Å². The maximum Gasteiger partial charge on any atom is 0.273 e. The van der Waals surface area contributed by atoms with Gasteiger partial charge < -0.3 is 15.7 Å². The smallest absolute Gasteiger partial charge is 0.273 e. The molecule has 0 bridgehead atoms. The van der Waals surface area contributed by atoms with E-state index in [1.165, 1.54) is 0 Å². The van der Waals surface area contributed by atoms with E-state index >= 15 is 0 Å². The lowest BCUT2D eigenvalue weighted by Crippen LogP contribution is -2.30. The SMILES string of the molecule is CC(C)c1ccc(CNCC2CNCC2O)cc1[N+](=O)[O-]. The van der Waals surface area contributed by atoms with Gasteiger partial charge >= 0.3 is 0 Å². The average Bonchev–Trinajstić information content (AvgIpc) is 2.84.